The minimum atomic E-state index is 0.583. The highest BCUT2D eigenvalue weighted by molar-refractivity contribution is 5.01. The molecule has 1 fully saturated rings. The fourth-order valence-corrected chi connectivity index (χ4v) is 3.04. The van der Waals surface area contributed by atoms with Crippen LogP contribution in [0.15, 0.2) is 22.8 Å². The van der Waals surface area contributed by atoms with Gasteiger partial charge in [-0.05, 0) is 37.9 Å². The number of likely N-dealkylation sites (N-methyl/N-ethyl adjacent to an activating group) is 1. The third-order valence-electron chi connectivity index (χ3n) is 4.09. The third-order valence-corrected chi connectivity index (χ3v) is 4.09. The second-order valence-corrected chi connectivity index (χ2v) is 5.28. The van der Waals surface area contributed by atoms with Crippen molar-refractivity contribution >= 4 is 0 Å². The van der Waals surface area contributed by atoms with Crippen LogP contribution in [0.25, 0.3) is 0 Å². The molecule has 2 rings (SSSR count). The summed E-state index contributed by atoms with van der Waals surface area (Å²) in [5, 5.41) is 3.50. The summed E-state index contributed by atoms with van der Waals surface area (Å²) < 4.78 is 5.47. The van der Waals surface area contributed by atoms with Crippen molar-refractivity contribution in [1.82, 2.24) is 5.32 Å². The summed E-state index contributed by atoms with van der Waals surface area (Å²) in [6, 6.07) is 4.66. The predicted octanol–water partition coefficient (Wildman–Crippen LogP) is 3.77. The Morgan fingerprint density at radius 2 is 1.94 bits per heavy atom. The van der Waals surface area contributed by atoms with Gasteiger partial charge in [-0.15, -0.1) is 0 Å². The van der Waals surface area contributed by atoms with Crippen LogP contribution < -0.4 is 5.32 Å². The van der Waals surface area contributed by atoms with Crippen LogP contribution in [0.4, 0.5) is 0 Å². The molecule has 0 aromatic carbocycles. The second-order valence-electron chi connectivity index (χ2n) is 5.28. The van der Waals surface area contributed by atoms with Crippen molar-refractivity contribution in [3.05, 3.63) is 24.2 Å². The van der Waals surface area contributed by atoms with Crippen LogP contribution in [0.5, 0.6) is 0 Å². The molecule has 1 heterocycles. The van der Waals surface area contributed by atoms with E-state index >= 15 is 0 Å². The summed E-state index contributed by atoms with van der Waals surface area (Å²) in [6.07, 6.45) is 12.7. The minimum absolute atomic E-state index is 0.583. The van der Waals surface area contributed by atoms with E-state index in [9.17, 15) is 0 Å². The van der Waals surface area contributed by atoms with Crippen molar-refractivity contribution < 1.29 is 4.42 Å². The van der Waals surface area contributed by atoms with Crippen LogP contribution in [-0.2, 0) is 6.42 Å². The summed E-state index contributed by atoms with van der Waals surface area (Å²) >= 11 is 0. The van der Waals surface area contributed by atoms with Gasteiger partial charge in [0.15, 0.2) is 0 Å². The Labute approximate surface area is 105 Å². The molecule has 1 unspecified atom stereocenters. The number of rotatable bonds is 4. The normalized spacial score (nSPS) is 20.8. The van der Waals surface area contributed by atoms with Gasteiger partial charge in [0, 0.05) is 12.5 Å². The molecule has 0 aliphatic heterocycles. The molecule has 96 valence electrons. The molecule has 1 saturated carbocycles. The van der Waals surface area contributed by atoms with Crippen molar-refractivity contribution in [2.24, 2.45) is 5.92 Å². The van der Waals surface area contributed by atoms with E-state index in [2.05, 4.69) is 18.4 Å². The van der Waals surface area contributed by atoms with Gasteiger partial charge < -0.3 is 9.73 Å². The molecule has 17 heavy (non-hydrogen) atoms. The first-order valence-electron chi connectivity index (χ1n) is 7.10. The highest BCUT2D eigenvalue weighted by atomic mass is 16.3. The van der Waals surface area contributed by atoms with Gasteiger partial charge >= 0.3 is 0 Å². The average molecular weight is 235 g/mol. The fraction of sp³-hybridized carbons (Fsp3) is 0.733. The van der Waals surface area contributed by atoms with Crippen molar-refractivity contribution in [3.63, 3.8) is 0 Å². The van der Waals surface area contributed by atoms with Gasteiger partial charge in [0.1, 0.15) is 5.76 Å². The monoisotopic (exact) mass is 235 g/mol. The quantitative estimate of drug-likeness (QED) is 0.859. The summed E-state index contributed by atoms with van der Waals surface area (Å²) in [4.78, 5) is 0. The Morgan fingerprint density at radius 1 is 1.24 bits per heavy atom. The molecule has 0 saturated heterocycles. The largest absolute Gasteiger partial charge is 0.469 e. The first-order valence-corrected chi connectivity index (χ1v) is 7.10. The standard InChI is InChI=1S/C15H25NO/c1-16-15(12-14-10-7-11-17-14)13-8-5-3-2-4-6-9-13/h7,10-11,13,15-16H,2-6,8-9,12H2,1H3. The van der Waals surface area contributed by atoms with Crippen molar-refractivity contribution in [1.29, 1.82) is 0 Å². The second kappa shape index (κ2) is 6.85. The zero-order valence-corrected chi connectivity index (χ0v) is 11.0. The Hall–Kier alpha value is -0.760. The SMILES string of the molecule is CNC(Cc1ccco1)C1CCCCCCC1. The number of nitrogens with one attached hydrogen (secondary N) is 1. The van der Waals surface area contributed by atoms with Crippen LogP contribution in [-0.4, -0.2) is 13.1 Å². The van der Waals surface area contributed by atoms with E-state index in [-0.39, 0.29) is 0 Å². The van der Waals surface area contributed by atoms with Crippen LogP contribution in [0, 0.1) is 5.92 Å². The van der Waals surface area contributed by atoms with Crippen LogP contribution in [0.2, 0.25) is 0 Å². The van der Waals surface area contributed by atoms with Crippen molar-refractivity contribution in [3.8, 4) is 0 Å². The van der Waals surface area contributed by atoms with Gasteiger partial charge in [-0.25, -0.2) is 0 Å². The molecule has 0 spiro atoms. The topological polar surface area (TPSA) is 25.2 Å². The van der Waals surface area contributed by atoms with Gasteiger partial charge in [0.2, 0.25) is 0 Å². The predicted molar refractivity (Wildman–Crippen MR) is 71.1 cm³/mol. The highest BCUT2D eigenvalue weighted by Crippen LogP contribution is 2.26. The first-order chi connectivity index (χ1) is 8.40. The number of hydrogen-bond donors (Lipinski definition) is 1. The molecule has 1 aliphatic rings. The van der Waals surface area contributed by atoms with Crippen LogP contribution in [0.1, 0.15) is 50.7 Å². The van der Waals surface area contributed by atoms with E-state index in [1.165, 1.54) is 44.9 Å². The van der Waals surface area contributed by atoms with Crippen molar-refractivity contribution in [2.45, 2.75) is 57.4 Å². The average Bonchev–Trinajstić information content (AvgIpc) is 2.79. The maximum Gasteiger partial charge on any atom is 0.105 e. The van der Waals surface area contributed by atoms with E-state index in [0.717, 1.165) is 18.1 Å². The number of furan rings is 1. The summed E-state index contributed by atoms with van der Waals surface area (Å²) in [5.74, 6) is 1.94. The maximum absolute atomic E-state index is 5.47. The molecule has 0 bridgehead atoms. The van der Waals surface area contributed by atoms with E-state index in [1.54, 1.807) is 6.26 Å². The summed E-state index contributed by atoms with van der Waals surface area (Å²) in [6.45, 7) is 0. The molecule has 1 atom stereocenters. The molecular weight excluding hydrogens is 210 g/mol. The zero-order valence-electron chi connectivity index (χ0n) is 11.0. The molecule has 1 aromatic rings. The van der Waals surface area contributed by atoms with E-state index < -0.39 is 0 Å². The lowest BCUT2D eigenvalue weighted by Gasteiger charge is -2.28. The lowest BCUT2D eigenvalue weighted by Crippen LogP contribution is -2.35. The summed E-state index contributed by atoms with van der Waals surface area (Å²) in [5.41, 5.74) is 0. The highest BCUT2D eigenvalue weighted by Gasteiger charge is 2.21. The van der Waals surface area contributed by atoms with E-state index in [1.807, 2.05) is 6.07 Å². The Kier molecular flexibility index (Phi) is 5.11. The van der Waals surface area contributed by atoms with Gasteiger partial charge in [-0.2, -0.15) is 0 Å². The van der Waals surface area contributed by atoms with Gasteiger partial charge in [0.05, 0.1) is 6.26 Å². The smallest absolute Gasteiger partial charge is 0.105 e. The first kappa shape index (κ1) is 12.7. The molecule has 0 amide bonds. The molecule has 0 radical (unpaired) electrons. The van der Waals surface area contributed by atoms with E-state index in [4.69, 9.17) is 4.42 Å². The Bertz CT molecular complexity index is 286. The van der Waals surface area contributed by atoms with E-state index in [0.29, 0.717) is 6.04 Å². The lowest BCUT2D eigenvalue weighted by atomic mass is 9.84. The Balaban J connectivity index is 1.90. The van der Waals surface area contributed by atoms with Gasteiger partial charge in [-0.3, -0.25) is 0 Å². The molecular formula is C15H25NO. The third kappa shape index (κ3) is 3.88. The Morgan fingerprint density at radius 3 is 2.53 bits per heavy atom. The maximum atomic E-state index is 5.47. The molecule has 2 heteroatoms. The lowest BCUT2D eigenvalue weighted by molar-refractivity contribution is 0.283. The van der Waals surface area contributed by atoms with Crippen molar-refractivity contribution in [2.75, 3.05) is 7.05 Å². The fourth-order valence-electron chi connectivity index (χ4n) is 3.04. The molecule has 2 nitrogen and oxygen atoms in total. The molecule has 1 aromatic heterocycles. The van der Waals surface area contributed by atoms with Gasteiger partial charge in [0.25, 0.3) is 0 Å². The van der Waals surface area contributed by atoms with Crippen LogP contribution >= 0.6 is 0 Å². The summed E-state index contributed by atoms with van der Waals surface area (Å²) in [7, 11) is 2.09. The number of hydrogen-bond acceptors (Lipinski definition) is 2. The zero-order chi connectivity index (χ0) is 11.9. The molecule has 1 aliphatic carbocycles. The minimum Gasteiger partial charge on any atom is -0.469 e. The molecule has 1 N–H and O–H groups in total. The van der Waals surface area contributed by atoms with Crippen LogP contribution in [0.3, 0.4) is 0 Å². The van der Waals surface area contributed by atoms with Gasteiger partial charge in [-0.1, -0.05) is 32.1 Å².